The van der Waals surface area contributed by atoms with E-state index in [1.165, 1.54) is 5.56 Å². The Hall–Kier alpha value is -5.48. The van der Waals surface area contributed by atoms with E-state index in [0.29, 0.717) is 0 Å². The first kappa shape index (κ1) is 24.2. The van der Waals surface area contributed by atoms with Crippen LogP contribution in [0.4, 0.5) is 0 Å². The lowest BCUT2D eigenvalue weighted by atomic mass is 9.86. The standard InChI is InChI=1S/C39H26N2O2/c1-2-9-23-16-17-33-31(22-23)37-39(43-33)30(19-21-41-37)35-26-12-5-3-10-24(26)34(25-11-4-6-13-27(25)35)29-18-20-40-36-28-14-7-8-15-32(28)42-38(29)36/h3-8,10-22H,2,9H2,1H3. The van der Waals surface area contributed by atoms with Crippen molar-refractivity contribution in [2.75, 3.05) is 0 Å². The molecular formula is C39H26N2O2. The second-order valence-corrected chi connectivity index (χ2v) is 11.2. The van der Waals surface area contributed by atoms with Crippen molar-refractivity contribution in [1.82, 2.24) is 9.97 Å². The summed E-state index contributed by atoms with van der Waals surface area (Å²) in [5, 5.41) is 6.69. The number of aromatic nitrogens is 2. The maximum atomic E-state index is 6.59. The Kier molecular flexibility index (Phi) is 5.20. The minimum atomic E-state index is 0.804. The summed E-state index contributed by atoms with van der Waals surface area (Å²) in [5.41, 5.74) is 10.8. The van der Waals surface area contributed by atoms with E-state index in [2.05, 4.69) is 91.9 Å². The van der Waals surface area contributed by atoms with Crippen molar-refractivity contribution in [2.24, 2.45) is 0 Å². The van der Waals surface area contributed by atoms with Gasteiger partial charge in [-0.3, -0.25) is 9.97 Å². The number of furan rings is 2. The highest BCUT2D eigenvalue weighted by Crippen LogP contribution is 2.47. The van der Waals surface area contributed by atoms with Gasteiger partial charge in [-0.05, 0) is 69.9 Å². The van der Waals surface area contributed by atoms with Crippen LogP contribution in [0.1, 0.15) is 18.9 Å². The molecule has 0 atom stereocenters. The summed E-state index contributed by atoms with van der Waals surface area (Å²) in [5.74, 6) is 0. The summed E-state index contributed by atoms with van der Waals surface area (Å²) < 4.78 is 13.1. The van der Waals surface area contributed by atoms with Crippen molar-refractivity contribution in [3.63, 3.8) is 0 Å². The van der Waals surface area contributed by atoms with Crippen molar-refractivity contribution in [3.05, 3.63) is 121 Å². The van der Waals surface area contributed by atoms with Gasteiger partial charge in [0.1, 0.15) is 22.2 Å². The highest BCUT2D eigenvalue weighted by atomic mass is 16.3. The van der Waals surface area contributed by atoms with Crippen LogP contribution in [0.3, 0.4) is 0 Å². The molecule has 0 N–H and O–H groups in total. The number of pyridine rings is 2. The molecule has 0 aliphatic heterocycles. The highest BCUT2D eigenvalue weighted by molar-refractivity contribution is 6.25. The number of benzene rings is 5. The summed E-state index contributed by atoms with van der Waals surface area (Å²) in [6.07, 6.45) is 5.94. The van der Waals surface area contributed by atoms with E-state index in [-0.39, 0.29) is 0 Å². The van der Waals surface area contributed by atoms with Crippen molar-refractivity contribution < 1.29 is 8.83 Å². The molecule has 0 radical (unpaired) electrons. The molecule has 0 fully saturated rings. The predicted molar refractivity (Wildman–Crippen MR) is 176 cm³/mol. The molecule has 0 saturated carbocycles. The molecule has 43 heavy (non-hydrogen) atoms. The number of nitrogens with zero attached hydrogens (tertiary/aromatic N) is 2. The van der Waals surface area contributed by atoms with Crippen molar-refractivity contribution in [1.29, 1.82) is 0 Å². The molecule has 0 saturated heterocycles. The van der Waals surface area contributed by atoms with Crippen LogP contribution in [0.15, 0.2) is 124 Å². The molecule has 0 aliphatic carbocycles. The molecule has 9 rings (SSSR count). The van der Waals surface area contributed by atoms with Crippen LogP contribution in [0, 0.1) is 0 Å². The number of para-hydroxylation sites is 1. The van der Waals surface area contributed by atoms with E-state index in [1.54, 1.807) is 0 Å². The molecule has 4 aromatic heterocycles. The smallest absolute Gasteiger partial charge is 0.161 e. The SMILES string of the molecule is CCCc1ccc2oc3c(-c4c5ccccc5c(-c5ccnc6c5oc5ccccc56)c5ccccc45)ccnc3c2c1. The zero-order chi connectivity index (χ0) is 28.5. The largest absolute Gasteiger partial charge is 0.454 e. The Balaban J connectivity index is 1.40. The zero-order valence-corrected chi connectivity index (χ0v) is 23.6. The van der Waals surface area contributed by atoms with Gasteiger partial charge in [-0.1, -0.05) is 80.1 Å². The topological polar surface area (TPSA) is 52.1 Å². The third-order valence-electron chi connectivity index (χ3n) is 8.68. The van der Waals surface area contributed by atoms with Crippen molar-refractivity contribution >= 4 is 65.7 Å². The summed E-state index contributed by atoms with van der Waals surface area (Å²) in [6, 6.07) is 36.1. The molecule has 0 amide bonds. The number of hydrogen-bond acceptors (Lipinski definition) is 4. The molecule has 4 nitrogen and oxygen atoms in total. The molecule has 4 heteroatoms. The van der Waals surface area contributed by atoms with Gasteiger partial charge in [0.15, 0.2) is 11.2 Å². The molecule has 4 heterocycles. The van der Waals surface area contributed by atoms with E-state index in [1.807, 2.05) is 30.6 Å². The Morgan fingerprint density at radius 3 is 1.56 bits per heavy atom. The Bertz CT molecular complexity index is 2480. The number of aryl methyl sites for hydroxylation is 1. The lowest BCUT2D eigenvalue weighted by Crippen LogP contribution is -1.92. The zero-order valence-electron chi connectivity index (χ0n) is 23.6. The van der Waals surface area contributed by atoms with Gasteiger partial charge in [0.05, 0.1) is 0 Å². The normalized spacial score (nSPS) is 12.0. The number of fused-ring (bicyclic) bond motifs is 8. The molecular weight excluding hydrogens is 528 g/mol. The third kappa shape index (κ3) is 3.50. The summed E-state index contributed by atoms with van der Waals surface area (Å²) in [7, 11) is 0. The summed E-state index contributed by atoms with van der Waals surface area (Å²) >= 11 is 0. The molecule has 204 valence electrons. The van der Waals surface area contributed by atoms with Gasteiger partial charge in [-0.15, -0.1) is 0 Å². The Morgan fingerprint density at radius 2 is 1.00 bits per heavy atom. The Labute approximate surface area is 247 Å². The lowest BCUT2D eigenvalue weighted by Gasteiger charge is -2.17. The predicted octanol–water partition coefficient (Wildman–Crippen LogP) is 10.9. The van der Waals surface area contributed by atoms with Gasteiger partial charge in [-0.2, -0.15) is 0 Å². The van der Waals surface area contributed by atoms with Gasteiger partial charge in [0.25, 0.3) is 0 Å². The van der Waals surface area contributed by atoms with E-state index in [0.717, 1.165) is 101 Å². The quantitative estimate of drug-likeness (QED) is 0.203. The minimum absolute atomic E-state index is 0.804. The maximum absolute atomic E-state index is 6.59. The van der Waals surface area contributed by atoms with Gasteiger partial charge in [0, 0.05) is 45.4 Å². The molecule has 0 bridgehead atoms. The first-order chi connectivity index (χ1) is 21.3. The van der Waals surface area contributed by atoms with Crippen LogP contribution in [-0.2, 0) is 6.42 Å². The monoisotopic (exact) mass is 554 g/mol. The second-order valence-electron chi connectivity index (χ2n) is 11.2. The van der Waals surface area contributed by atoms with Crippen LogP contribution in [0.25, 0.3) is 87.9 Å². The first-order valence-corrected chi connectivity index (χ1v) is 14.8. The molecule has 0 aliphatic rings. The van der Waals surface area contributed by atoms with E-state index < -0.39 is 0 Å². The highest BCUT2D eigenvalue weighted by Gasteiger charge is 2.23. The van der Waals surface area contributed by atoms with Gasteiger partial charge < -0.3 is 8.83 Å². The van der Waals surface area contributed by atoms with Crippen LogP contribution < -0.4 is 0 Å². The third-order valence-corrected chi connectivity index (χ3v) is 8.68. The molecule has 5 aromatic carbocycles. The fourth-order valence-electron chi connectivity index (χ4n) is 6.86. The number of hydrogen-bond donors (Lipinski definition) is 0. The summed E-state index contributed by atoms with van der Waals surface area (Å²) in [4.78, 5) is 9.56. The fraction of sp³-hybridized carbons (Fsp3) is 0.0769. The van der Waals surface area contributed by atoms with E-state index in [9.17, 15) is 0 Å². The average Bonchev–Trinajstić information content (AvgIpc) is 3.62. The minimum Gasteiger partial charge on any atom is -0.454 e. The fourth-order valence-corrected chi connectivity index (χ4v) is 6.86. The van der Waals surface area contributed by atoms with Crippen LogP contribution in [0.2, 0.25) is 0 Å². The summed E-state index contributed by atoms with van der Waals surface area (Å²) in [6.45, 7) is 2.21. The van der Waals surface area contributed by atoms with Crippen molar-refractivity contribution in [3.8, 4) is 22.3 Å². The van der Waals surface area contributed by atoms with Gasteiger partial charge in [0.2, 0.25) is 0 Å². The molecule has 9 aromatic rings. The van der Waals surface area contributed by atoms with Crippen LogP contribution >= 0.6 is 0 Å². The van der Waals surface area contributed by atoms with Crippen LogP contribution in [-0.4, -0.2) is 9.97 Å². The first-order valence-electron chi connectivity index (χ1n) is 14.8. The molecule has 0 spiro atoms. The van der Waals surface area contributed by atoms with E-state index in [4.69, 9.17) is 18.8 Å². The number of rotatable bonds is 4. The van der Waals surface area contributed by atoms with Crippen molar-refractivity contribution in [2.45, 2.75) is 19.8 Å². The van der Waals surface area contributed by atoms with E-state index >= 15 is 0 Å². The van der Waals surface area contributed by atoms with Crippen LogP contribution in [0.5, 0.6) is 0 Å². The second kappa shape index (κ2) is 9.27. The van der Waals surface area contributed by atoms with Gasteiger partial charge >= 0.3 is 0 Å². The lowest BCUT2D eigenvalue weighted by molar-refractivity contribution is 0.668. The van der Waals surface area contributed by atoms with Gasteiger partial charge in [-0.25, -0.2) is 0 Å². The molecule has 0 unspecified atom stereocenters. The maximum Gasteiger partial charge on any atom is 0.161 e. The Morgan fingerprint density at radius 1 is 0.512 bits per heavy atom. The average molecular weight is 555 g/mol.